The van der Waals surface area contributed by atoms with Gasteiger partial charge in [0.15, 0.2) is 0 Å². The largest absolute Gasteiger partial charge is 0.206 e. The molecule has 158 valence electrons. The Bertz CT molecular complexity index is 876. The highest BCUT2D eigenvalue weighted by atomic mass is 19.1. The van der Waals surface area contributed by atoms with E-state index in [4.69, 9.17) is 0 Å². The van der Waals surface area contributed by atoms with Gasteiger partial charge in [-0.3, -0.25) is 0 Å². The van der Waals surface area contributed by atoms with Crippen molar-refractivity contribution < 1.29 is 4.39 Å². The molecule has 2 saturated carbocycles. The summed E-state index contributed by atoms with van der Waals surface area (Å²) in [6, 6.07) is 14.4. The summed E-state index contributed by atoms with van der Waals surface area (Å²) in [6.45, 7) is 6.05. The molecular weight excluding hydrogens is 367 g/mol. The van der Waals surface area contributed by atoms with E-state index in [9.17, 15) is 0 Å². The van der Waals surface area contributed by atoms with Crippen molar-refractivity contribution in [2.75, 3.05) is 0 Å². The molecule has 4 rings (SSSR count). The monoisotopic (exact) mass is 402 g/mol. The van der Waals surface area contributed by atoms with Crippen molar-refractivity contribution in [3.63, 3.8) is 0 Å². The highest BCUT2D eigenvalue weighted by Crippen LogP contribution is 2.48. The topological polar surface area (TPSA) is 0 Å². The van der Waals surface area contributed by atoms with Gasteiger partial charge >= 0.3 is 0 Å². The standard InChI is InChI=1S/C29H35F/c1-3-5-6-7-22-9-11-23(12-10-22)28-17-16-27(20-29(28)30)26-15-14-24-18-21(4-2)8-13-25(24)19-26/h3-5,9-12,16-17,20-21,24-26H,2,6-8,13-15,18-19H2,1H3/b5-3+. The molecule has 0 radical (unpaired) electrons. The van der Waals surface area contributed by atoms with Gasteiger partial charge in [0.1, 0.15) is 5.82 Å². The van der Waals surface area contributed by atoms with E-state index in [0.717, 1.165) is 35.8 Å². The summed E-state index contributed by atoms with van der Waals surface area (Å²) in [6.07, 6.45) is 16.2. The first-order chi connectivity index (χ1) is 14.7. The lowest BCUT2D eigenvalue weighted by Gasteiger charge is -2.41. The molecule has 0 heterocycles. The van der Waals surface area contributed by atoms with E-state index in [-0.39, 0.29) is 5.82 Å². The van der Waals surface area contributed by atoms with Crippen molar-refractivity contribution in [2.45, 2.75) is 64.2 Å². The Balaban J connectivity index is 1.43. The third-order valence-electron chi connectivity index (χ3n) is 7.55. The van der Waals surface area contributed by atoms with Crippen LogP contribution in [0.5, 0.6) is 0 Å². The fraction of sp³-hybridized carbons (Fsp3) is 0.448. The number of hydrogen-bond acceptors (Lipinski definition) is 0. The average Bonchev–Trinajstić information content (AvgIpc) is 2.79. The number of allylic oxidation sites excluding steroid dienone is 3. The molecule has 4 unspecified atom stereocenters. The summed E-state index contributed by atoms with van der Waals surface area (Å²) in [5.74, 6) is 2.83. The molecule has 2 fully saturated rings. The highest BCUT2D eigenvalue weighted by molar-refractivity contribution is 5.65. The van der Waals surface area contributed by atoms with Gasteiger partial charge in [-0.15, -0.1) is 6.58 Å². The van der Waals surface area contributed by atoms with Gasteiger partial charge in [0.25, 0.3) is 0 Å². The van der Waals surface area contributed by atoms with E-state index in [1.807, 2.05) is 12.1 Å². The van der Waals surface area contributed by atoms with Crippen LogP contribution < -0.4 is 0 Å². The van der Waals surface area contributed by atoms with E-state index < -0.39 is 0 Å². The van der Waals surface area contributed by atoms with E-state index in [2.05, 4.69) is 62.1 Å². The van der Waals surface area contributed by atoms with Crippen LogP contribution in [0.1, 0.15) is 68.9 Å². The lowest BCUT2D eigenvalue weighted by Crippen LogP contribution is -2.29. The van der Waals surface area contributed by atoms with E-state index in [1.54, 1.807) is 0 Å². The van der Waals surface area contributed by atoms with Crippen LogP contribution in [0.3, 0.4) is 0 Å². The molecule has 0 aliphatic heterocycles. The number of benzene rings is 2. The highest BCUT2D eigenvalue weighted by Gasteiger charge is 2.35. The van der Waals surface area contributed by atoms with Crippen molar-refractivity contribution in [1.82, 2.24) is 0 Å². The third kappa shape index (κ3) is 4.77. The van der Waals surface area contributed by atoms with Crippen LogP contribution in [0.15, 0.2) is 67.3 Å². The quantitative estimate of drug-likeness (QED) is 0.425. The van der Waals surface area contributed by atoms with Crippen LogP contribution in [0.25, 0.3) is 11.1 Å². The predicted molar refractivity (Wildman–Crippen MR) is 126 cm³/mol. The second-order valence-corrected chi connectivity index (χ2v) is 9.38. The summed E-state index contributed by atoms with van der Waals surface area (Å²) in [4.78, 5) is 0. The first kappa shape index (κ1) is 21.1. The SMILES string of the molecule is C=CC1CCC2CC(c3ccc(-c4ccc(CC/C=C/C)cc4)c(F)c3)CCC2C1. The van der Waals surface area contributed by atoms with Crippen LogP contribution >= 0.6 is 0 Å². The Hall–Kier alpha value is -2.15. The Labute approximate surface area is 181 Å². The molecule has 0 nitrogen and oxygen atoms in total. The van der Waals surface area contributed by atoms with Crippen LogP contribution in [0, 0.1) is 23.6 Å². The summed E-state index contributed by atoms with van der Waals surface area (Å²) >= 11 is 0. The first-order valence-electron chi connectivity index (χ1n) is 11.8. The number of halogens is 1. The maximum atomic E-state index is 15.0. The molecular formula is C29H35F. The predicted octanol–water partition coefficient (Wildman–Crippen LogP) is 8.49. The third-order valence-corrected chi connectivity index (χ3v) is 7.55. The van der Waals surface area contributed by atoms with Crippen LogP contribution in [-0.4, -0.2) is 0 Å². The number of hydrogen-bond donors (Lipinski definition) is 0. The molecule has 0 N–H and O–H groups in total. The Morgan fingerprint density at radius 1 is 0.967 bits per heavy atom. The summed E-state index contributed by atoms with van der Waals surface area (Å²) in [7, 11) is 0. The van der Waals surface area contributed by atoms with Crippen molar-refractivity contribution >= 4 is 0 Å². The van der Waals surface area contributed by atoms with Gasteiger partial charge in [-0.05, 0) is 105 Å². The van der Waals surface area contributed by atoms with Crippen molar-refractivity contribution in [2.24, 2.45) is 17.8 Å². The zero-order valence-electron chi connectivity index (χ0n) is 18.3. The van der Waals surface area contributed by atoms with Gasteiger partial charge in [-0.25, -0.2) is 4.39 Å². The van der Waals surface area contributed by atoms with Crippen LogP contribution in [0.4, 0.5) is 4.39 Å². The zero-order chi connectivity index (χ0) is 20.9. The van der Waals surface area contributed by atoms with Crippen LogP contribution in [-0.2, 0) is 6.42 Å². The van der Waals surface area contributed by atoms with Crippen molar-refractivity contribution in [3.8, 4) is 11.1 Å². The molecule has 2 aliphatic carbocycles. The first-order valence-corrected chi connectivity index (χ1v) is 11.8. The van der Waals surface area contributed by atoms with E-state index >= 15 is 4.39 Å². The van der Waals surface area contributed by atoms with Crippen molar-refractivity contribution in [1.29, 1.82) is 0 Å². The minimum absolute atomic E-state index is 0.0772. The lowest BCUT2D eigenvalue weighted by atomic mass is 9.64. The van der Waals surface area contributed by atoms with Gasteiger partial charge in [-0.1, -0.05) is 54.6 Å². The molecule has 2 aromatic rings. The molecule has 2 aliphatic rings. The van der Waals surface area contributed by atoms with Gasteiger partial charge in [-0.2, -0.15) is 0 Å². The lowest BCUT2D eigenvalue weighted by molar-refractivity contribution is 0.133. The molecule has 0 saturated heterocycles. The smallest absolute Gasteiger partial charge is 0.131 e. The minimum Gasteiger partial charge on any atom is -0.206 e. The van der Waals surface area contributed by atoms with E-state index in [0.29, 0.717) is 11.8 Å². The Kier molecular flexibility index (Phi) is 6.87. The summed E-state index contributed by atoms with van der Waals surface area (Å²) in [5.41, 5.74) is 4.19. The van der Waals surface area contributed by atoms with Crippen molar-refractivity contribution in [3.05, 3.63) is 84.2 Å². The second kappa shape index (κ2) is 9.77. The molecule has 2 aromatic carbocycles. The normalized spacial score (nSPS) is 26.5. The van der Waals surface area contributed by atoms with Crippen LogP contribution in [0.2, 0.25) is 0 Å². The zero-order valence-corrected chi connectivity index (χ0v) is 18.3. The number of fused-ring (bicyclic) bond motifs is 1. The van der Waals surface area contributed by atoms with Gasteiger partial charge < -0.3 is 0 Å². The molecule has 0 spiro atoms. The number of rotatable bonds is 6. The molecule has 0 aromatic heterocycles. The number of aryl methyl sites for hydroxylation is 1. The fourth-order valence-corrected chi connectivity index (χ4v) is 5.73. The molecule has 0 amide bonds. The van der Waals surface area contributed by atoms with E-state index in [1.165, 1.54) is 49.7 Å². The fourth-order valence-electron chi connectivity index (χ4n) is 5.73. The molecule has 30 heavy (non-hydrogen) atoms. The Morgan fingerprint density at radius 2 is 1.73 bits per heavy atom. The average molecular weight is 403 g/mol. The van der Waals surface area contributed by atoms with Gasteiger partial charge in [0.2, 0.25) is 0 Å². The molecule has 4 atom stereocenters. The second-order valence-electron chi connectivity index (χ2n) is 9.38. The summed E-state index contributed by atoms with van der Waals surface area (Å²) in [5, 5.41) is 0. The maximum Gasteiger partial charge on any atom is 0.131 e. The molecule has 1 heteroatoms. The molecule has 0 bridgehead atoms. The minimum atomic E-state index is -0.0772. The Morgan fingerprint density at radius 3 is 2.47 bits per heavy atom. The summed E-state index contributed by atoms with van der Waals surface area (Å²) < 4.78 is 15.0. The van der Waals surface area contributed by atoms with Gasteiger partial charge in [0.05, 0.1) is 0 Å². The maximum absolute atomic E-state index is 15.0. The van der Waals surface area contributed by atoms with Gasteiger partial charge in [0, 0.05) is 5.56 Å².